The van der Waals surface area contributed by atoms with Gasteiger partial charge in [-0.15, -0.1) is 0 Å². The molecule has 1 aromatic heterocycles. The zero-order chi connectivity index (χ0) is 14.7. The zero-order valence-electron chi connectivity index (χ0n) is 11.2. The van der Waals surface area contributed by atoms with Crippen LogP contribution in [0.25, 0.3) is 11.3 Å². The number of rotatable bonds is 5. The third-order valence-corrected chi connectivity index (χ3v) is 2.71. The third-order valence-electron chi connectivity index (χ3n) is 2.71. The molecule has 2 aromatic rings. The Labute approximate surface area is 114 Å². The molecule has 108 valence electrons. The van der Waals surface area contributed by atoms with E-state index in [1.807, 2.05) is 13.8 Å². The van der Waals surface area contributed by atoms with Gasteiger partial charge in [-0.1, -0.05) is 13.8 Å². The van der Waals surface area contributed by atoms with Gasteiger partial charge in [-0.25, -0.2) is 18.2 Å². The molecule has 1 aromatic carbocycles. The highest BCUT2D eigenvalue weighted by atomic mass is 19.2. The van der Waals surface area contributed by atoms with Gasteiger partial charge in [-0.2, -0.15) is 0 Å². The summed E-state index contributed by atoms with van der Waals surface area (Å²) in [5.41, 5.74) is 0.122. The van der Waals surface area contributed by atoms with E-state index in [0.717, 1.165) is 12.1 Å². The molecule has 0 bridgehead atoms. The number of oxazole rings is 1. The quantitative estimate of drug-likeness (QED) is 0.856. The molecule has 3 nitrogen and oxygen atoms in total. The van der Waals surface area contributed by atoms with Crippen molar-refractivity contribution in [1.82, 2.24) is 10.3 Å². The van der Waals surface area contributed by atoms with Crippen molar-refractivity contribution in [2.24, 2.45) is 0 Å². The Morgan fingerprint density at radius 2 is 1.85 bits per heavy atom. The Morgan fingerprint density at radius 1 is 1.20 bits per heavy atom. The second-order valence-electron chi connectivity index (χ2n) is 4.73. The van der Waals surface area contributed by atoms with Crippen molar-refractivity contribution < 1.29 is 17.6 Å². The molecule has 0 saturated heterocycles. The summed E-state index contributed by atoms with van der Waals surface area (Å²) in [5, 5.41) is 3.20. The Morgan fingerprint density at radius 3 is 2.45 bits per heavy atom. The van der Waals surface area contributed by atoms with Gasteiger partial charge in [-0.05, 0) is 12.1 Å². The largest absolute Gasteiger partial charge is 0.441 e. The lowest BCUT2D eigenvalue weighted by molar-refractivity contribution is 0.445. The summed E-state index contributed by atoms with van der Waals surface area (Å²) in [6.07, 6.45) is 1.93. The number of benzene rings is 1. The van der Waals surface area contributed by atoms with E-state index in [4.69, 9.17) is 4.42 Å². The monoisotopic (exact) mass is 284 g/mol. The minimum atomic E-state index is -1.49. The van der Waals surface area contributed by atoms with Crippen LogP contribution in [-0.4, -0.2) is 17.6 Å². The molecule has 0 aliphatic heterocycles. The summed E-state index contributed by atoms with van der Waals surface area (Å²) in [6, 6.07) is 2.12. The molecule has 2 rings (SSSR count). The normalized spacial score (nSPS) is 11.3. The number of hydrogen-bond acceptors (Lipinski definition) is 3. The number of hydrogen-bond donors (Lipinski definition) is 1. The summed E-state index contributed by atoms with van der Waals surface area (Å²) in [7, 11) is 0. The van der Waals surface area contributed by atoms with Crippen LogP contribution in [0.15, 0.2) is 22.7 Å². The van der Waals surface area contributed by atoms with Gasteiger partial charge in [0.15, 0.2) is 29.1 Å². The van der Waals surface area contributed by atoms with Crippen molar-refractivity contribution in [3.8, 4) is 11.3 Å². The third kappa shape index (κ3) is 3.39. The SMILES string of the molecule is CC(C)NCCc1ncc(-c2cc(F)c(F)c(F)c2)o1. The summed E-state index contributed by atoms with van der Waals surface area (Å²) >= 11 is 0. The van der Waals surface area contributed by atoms with Gasteiger partial charge in [0, 0.05) is 24.6 Å². The molecular weight excluding hydrogens is 269 g/mol. The summed E-state index contributed by atoms with van der Waals surface area (Å²) in [4.78, 5) is 4.03. The summed E-state index contributed by atoms with van der Waals surface area (Å²) < 4.78 is 44.5. The molecule has 1 N–H and O–H groups in total. The van der Waals surface area contributed by atoms with E-state index in [9.17, 15) is 13.2 Å². The predicted octanol–water partition coefficient (Wildman–Crippen LogP) is 3.30. The number of nitrogens with one attached hydrogen (secondary N) is 1. The van der Waals surface area contributed by atoms with Crippen LogP contribution in [0.3, 0.4) is 0 Å². The van der Waals surface area contributed by atoms with E-state index in [2.05, 4.69) is 10.3 Å². The molecule has 0 radical (unpaired) electrons. The van der Waals surface area contributed by atoms with Crippen LogP contribution in [0.2, 0.25) is 0 Å². The maximum atomic E-state index is 13.1. The minimum Gasteiger partial charge on any atom is -0.441 e. The van der Waals surface area contributed by atoms with Crippen LogP contribution in [0, 0.1) is 17.5 Å². The molecule has 0 aliphatic rings. The fraction of sp³-hybridized carbons (Fsp3) is 0.357. The van der Waals surface area contributed by atoms with Gasteiger partial charge in [0.05, 0.1) is 6.20 Å². The van der Waals surface area contributed by atoms with Crippen molar-refractivity contribution in [2.45, 2.75) is 26.3 Å². The lowest BCUT2D eigenvalue weighted by Crippen LogP contribution is -2.24. The molecular formula is C14H15F3N2O. The first-order valence-corrected chi connectivity index (χ1v) is 6.30. The van der Waals surface area contributed by atoms with Crippen molar-refractivity contribution in [3.63, 3.8) is 0 Å². The molecule has 0 saturated carbocycles. The molecule has 20 heavy (non-hydrogen) atoms. The zero-order valence-corrected chi connectivity index (χ0v) is 11.2. The van der Waals surface area contributed by atoms with Crippen LogP contribution in [0.1, 0.15) is 19.7 Å². The topological polar surface area (TPSA) is 38.1 Å². The number of aromatic nitrogens is 1. The van der Waals surface area contributed by atoms with Crippen molar-refractivity contribution in [3.05, 3.63) is 41.7 Å². The standard InChI is InChI=1S/C14H15F3N2O/c1-8(2)18-4-3-13-19-7-12(20-13)9-5-10(15)14(17)11(16)6-9/h5-8,18H,3-4H2,1-2H3. The first kappa shape index (κ1) is 14.6. The lowest BCUT2D eigenvalue weighted by Gasteiger charge is -2.05. The van der Waals surface area contributed by atoms with Crippen LogP contribution in [0.4, 0.5) is 13.2 Å². The summed E-state index contributed by atoms with van der Waals surface area (Å²) in [5.74, 6) is -3.32. The maximum Gasteiger partial charge on any atom is 0.196 e. The van der Waals surface area contributed by atoms with E-state index in [1.54, 1.807) is 0 Å². The highest BCUT2D eigenvalue weighted by Crippen LogP contribution is 2.24. The number of halogens is 3. The fourth-order valence-corrected chi connectivity index (χ4v) is 1.72. The minimum absolute atomic E-state index is 0.122. The van der Waals surface area contributed by atoms with E-state index in [1.165, 1.54) is 6.20 Å². The molecule has 0 amide bonds. The molecule has 0 unspecified atom stereocenters. The first-order chi connectivity index (χ1) is 9.47. The fourth-order valence-electron chi connectivity index (χ4n) is 1.72. The Hall–Kier alpha value is -1.82. The second-order valence-corrected chi connectivity index (χ2v) is 4.73. The maximum absolute atomic E-state index is 13.1. The van der Waals surface area contributed by atoms with E-state index < -0.39 is 17.5 Å². The van der Waals surface area contributed by atoms with E-state index in [-0.39, 0.29) is 11.3 Å². The second kappa shape index (κ2) is 6.09. The average Bonchev–Trinajstić information content (AvgIpc) is 2.83. The van der Waals surface area contributed by atoms with Gasteiger partial charge in [0.1, 0.15) is 0 Å². The van der Waals surface area contributed by atoms with E-state index >= 15 is 0 Å². The lowest BCUT2D eigenvalue weighted by atomic mass is 10.1. The predicted molar refractivity (Wildman–Crippen MR) is 68.7 cm³/mol. The highest BCUT2D eigenvalue weighted by Gasteiger charge is 2.14. The van der Waals surface area contributed by atoms with Crippen LogP contribution < -0.4 is 5.32 Å². The van der Waals surface area contributed by atoms with Crippen LogP contribution in [0.5, 0.6) is 0 Å². The van der Waals surface area contributed by atoms with E-state index in [0.29, 0.717) is 24.9 Å². The van der Waals surface area contributed by atoms with Crippen LogP contribution >= 0.6 is 0 Å². The molecule has 6 heteroatoms. The van der Waals surface area contributed by atoms with Gasteiger partial charge < -0.3 is 9.73 Å². The molecule has 0 atom stereocenters. The van der Waals surface area contributed by atoms with Gasteiger partial charge >= 0.3 is 0 Å². The van der Waals surface area contributed by atoms with Crippen molar-refractivity contribution >= 4 is 0 Å². The van der Waals surface area contributed by atoms with Crippen molar-refractivity contribution in [1.29, 1.82) is 0 Å². The van der Waals surface area contributed by atoms with Gasteiger partial charge in [0.25, 0.3) is 0 Å². The Balaban J connectivity index is 2.12. The molecule has 0 fully saturated rings. The molecule has 1 heterocycles. The smallest absolute Gasteiger partial charge is 0.196 e. The highest BCUT2D eigenvalue weighted by molar-refractivity contribution is 5.56. The van der Waals surface area contributed by atoms with Gasteiger partial charge in [-0.3, -0.25) is 0 Å². The van der Waals surface area contributed by atoms with Gasteiger partial charge in [0.2, 0.25) is 0 Å². The molecule has 0 aliphatic carbocycles. The molecule has 0 spiro atoms. The Bertz CT molecular complexity index is 573. The summed E-state index contributed by atoms with van der Waals surface area (Å²) in [6.45, 7) is 4.72. The first-order valence-electron chi connectivity index (χ1n) is 6.30. The Kier molecular flexibility index (Phi) is 4.44. The number of nitrogens with zero attached hydrogens (tertiary/aromatic N) is 1. The van der Waals surface area contributed by atoms with Crippen molar-refractivity contribution in [2.75, 3.05) is 6.54 Å². The van der Waals surface area contributed by atoms with Crippen LogP contribution in [-0.2, 0) is 6.42 Å². The average molecular weight is 284 g/mol.